The molecule has 0 radical (unpaired) electrons. The van der Waals surface area contributed by atoms with E-state index in [-0.39, 0.29) is 23.6 Å². The fourth-order valence-corrected chi connectivity index (χ4v) is 2.25. The Morgan fingerprint density at radius 1 is 1.53 bits per heavy atom. The topological polar surface area (TPSA) is 83.7 Å². The fourth-order valence-electron chi connectivity index (χ4n) is 2.25. The van der Waals surface area contributed by atoms with Crippen molar-refractivity contribution in [2.75, 3.05) is 13.1 Å². The largest absolute Gasteiger partial charge is 0.393 e. The average Bonchev–Trinajstić information content (AvgIpc) is 2.41. The van der Waals surface area contributed by atoms with Crippen LogP contribution in [0.5, 0.6) is 0 Å². The number of benzene rings is 1. The van der Waals surface area contributed by atoms with Gasteiger partial charge in [0.1, 0.15) is 0 Å². The minimum Gasteiger partial charge on any atom is -0.393 e. The molecule has 1 saturated heterocycles. The number of carbonyl (C=O) groups excluding carboxylic acids is 1. The Kier molecular flexibility index (Phi) is 3.80. The number of nitro groups is 1. The number of non-ortho nitro benzene ring substituents is 1. The standard InChI is InChI=1S/C13H16N2O4/c1-9-8-14(6-5-12(9)16)13(17)10-3-2-4-11(7-10)15(18)19/h2-4,7,9,12,16H,5-6,8H2,1H3. The Hall–Kier alpha value is -1.95. The van der Waals surface area contributed by atoms with Gasteiger partial charge in [-0.1, -0.05) is 13.0 Å². The number of aliphatic hydroxyl groups excluding tert-OH is 1. The SMILES string of the molecule is CC1CN(C(=O)c2cccc([N+](=O)[O-])c2)CCC1O. The van der Waals surface area contributed by atoms with Crippen LogP contribution in [0, 0.1) is 16.0 Å². The monoisotopic (exact) mass is 264 g/mol. The van der Waals surface area contributed by atoms with E-state index in [1.54, 1.807) is 11.0 Å². The number of hydrogen-bond donors (Lipinski definition) is 1. The summed E-state index contributed by atoms with van der Waals surface area (Å²) in [6.45, 7) is 2.84. The van der Waals surface area contributed by atoms with Gasteiger partial charge in [0.05, 0.1) is 11.0 Å². The van der Waals surface area contributed by atoms with E-state index < -0.39 is 4.92 Å². The molecule has 1 heterocycles. The van der Waals surface area contributed by atoms with Gasteiger partial charge >= 0.3 is 0 Å². The number of piperidine rings is 1. The third kappa shape index (κ3) is 2.90. The van der Waals surface area contributed by atoms with Gasteiger partial charge < -0.3 is 10.0 Å². The second-order valence-corrected chi connectivity index (χ2v) is 4.89. The molecule has 2 atom stereocenters. The Morgan fingerprint density at radius 2 is 2.26 bits per heavy atom. The maximum Gasteiger partial charge on any atom is 0.270 e. The van der Waals surface area contributed by atoms with Crippen LogP contribution < -0.4 is 0 Å². The number of hydrogen-bond acceptors (Lipinski definition) is 4. The number of amides is 1. The summed E-state index contributed by atoms with van der Waals surface area (Å²) >= 11 is 0. The molecule has 2 unspecified atom stereocenters. The van der Waals surface area contributed by atoms with Crippen LogP contribution in [0.2, 0.25) is 0 Å². The van der Waals surface area contributed by atoms with Gasteiger partial charge in [-0.2, -0.15) is 0 Å². The fraction of sp³-hybridized carbons (Fsp3) is 0.462. The second-order valence-electron chi connectivity index (χ2n) is 4.89. The second kappa shape index (κ2) is 5.36. The molecule has 1 aromatic carbocycles. The van der Waals surface area contributed by atoms with E-state index in [1.165, 1.54) is 18.2 Å². The van der Waals surface area contributed by atoms with E-state index in [4.69, 9.17) is 0 Å². The highest BCUT2D eigenvalue weighted by Gasteiger charge is 2.28. The average molecular weight is 264 g/mol. The molecule has 1 aliphatic rings. The highest BCUT2D eigenvalue weighted by atomic mass is 16.6. The quantitative estimate of drug-likeness (QED) is 0.647. The summed E-state index contributed by atoms with van der Waals surface area (Å²) in [6.07, 6.45) is 0.163. The lowest BCUT2D eigenvalue weighted by atomic mass is 9.96. The maximum atomic E-state index is 12.2. The molecule has 0 aliphatic carbocycles. The Balaban J connectivity index is 2.16. The van der Waals surface area contributed by atoms with Crippen molar-refractivity contribution in [2.24, 2.45) is 5.92 Å². The van der Waals surface area contributed by atoms with Crippen LogP contribution in [0.4, 0.5) is 5.69 Å². The molecule has 6 nitrogen and oxygen atoms in total. The van der Waals surface area contributed by atoms with Crippen molar-refractivity contribution in [1.82, 2.24) is 4.90 Å². The van der Waals surface area contributed by atoms with Crippen molar-refractivity contribution >= 4 is 11.6 Å². The van der Waals surface area contributed by atoms with Gasteiger partial charge in [0.15, 0.2) is 0 Å². The Labute approximate surface area is 110 Å². The molecule has 1 N–H and O–H groups in total. The van der Waals surface area contributed by atoms with Crippen LogP contribution in [-0.2, 0) is 0 Å². The smallest absolute Gasteiger partial charge is 0.270 e. The number of aliphatic hydroxyl groups is 1. The minimum atomic E-state index is -0.515. The first-order valence-electron chi connectivity index (χ1n) is 6.21. The highest BCUT2D eigenvalue weighted by molar-refractivity contribution is 5.94. The number of rotatable bonds is 2. The van der Waals surface area contributed by atoms with Crippen LogP contribution in [0.25, 0.3) is 0 Å². The van der Waals surface area contributed by atoms with Crippen molar-refractivity contribution < 1.29 is 14.8 Å². The minimum absolute atomic E-state index is 0.0244. The van der Waals surface area contributed by atoms with E-state index in [2.05, 4.69) is 0 Å². The summed E-state index contributed by atoms with van der Waals surface area (Å²) < 4.78 is 0. The van der Waals surface area contributed by atoms with Crippen LogP contribution in [0.1, 0.15) is 23.7 Å². The molecule has 19 heavy (non-hydrogen) atoms. The molecule has 0 saturated carbocycles. The van der Waals surface area contributed by atoms with Gasteiger partial charge in [-0.15, -0.1) is 0 Å². The molecular weight excluding hydrogens is 248 g/mol. The van der Waals surface area contributed by atoms with E-state index in [9.17, 15) is 20.0 Å². The number of nitro benzene ring substituents is 1. The lowest BCUT2D eigenvalue weighted by Crippen LogP contribution is -2.44. The predicted octanol–water partition coefficient (Wildman–Crippen LogP) is 1.44. The molecule has 2 rings (SSSR count). The summed E-state index contributed by atoms with van der Waals surface area (Å²) in [6, 6.07) is 5.73. The van der Waals surface area contributed by atoms with Gasteiger partial charge in [-0.3, -0.25) is 14.9 Å². The van der Waals surface area contributed by atoms with Crippen molar-refractivity contribution in [3.8, 4) is 0 Å². The zero-order chi connectivity index (χ0) is 14.0. The van der Waals surface area contributed by atoms with Crippen LogP contribution >= 0.6 is 0 Å². The van der Waals surface area contributed by atoms with Crippen molar-refractivity contribution in [3.63, 3.8) is 0 Å². The predicted molar refractivity (Wildman–Crippen MR) is 68.8 cm³/mol. The lowest BCUT2D eigenvalue weighted by molar-refractivity contribution is -0.384. The molecule has 0 aromatic heterocycles. The lowest BCUT2D eigenvalue weighted by Gasteiger charge is -2.34. The van der Waals surface area contributed by atoms with E-state index >= 15 is 0 Å². The third-order valence-electron chi connectivity index (χ3n) is 3.45. The normalized spacial score (nSPS) is 23.2. The summed E-state index contributed by atoms with van der Waals surface area (Å²) in [7, 11) is 0. The third-order valence-corrected chi connectivity index (χ3v) is 3.45. The zero-order valence-electron chi connectivity index (χ0n) is 10.7. The van der Waals surface area contributed by atoms with Crippen LogP contribution in [-0.4, -0.2) is 40.0 Å². The zero-order valence-corrected chi connectivity index (χ0v) is 10.7. The summed E-state index contributed by atoms with van der Waals surface area (Å²) in [5, 5.41) is 20.3. The number of carbonyl (C=O) groups is 1. The number of nitrogens with zero attached hydrogens (tertiary/aromatic N) is 2. The summed E-state index contributed by atoms with van der Waals surface area (Å²) in [5.41, 5.74) is 0.230. The van der Waals surface area contributed by atoms with Gasteiger partial charge in [-0.25, -0.2) is 0 Å². The van der Waals surface area contributed by atoms with Crippen molar-refractivity contribution in [3.05, 3.63) is 39.9 Å². The molecule has 6 heteroatoms. The summed E-state index contributed by atoms with van der Waals surface area (Å²) in [5.74, 6) is -0.196. The molecule has 0 bridgehead atoms. The van der Waals surface area contributed by atoms with Crippen molar-refractivity contribution in [1.29, 1.82) is 0 Å². The van der Waals surface area contributed by atoms with Crippen molar-refractivity contribution in [2.45, 2.75) is 19.4 Å². The molecule has 102 valence electrons. The molecule has 0 spiro atoms. The first kappa shape index (κ1) is 13.5. The first-order chi connectivity index (χ1) is 8.99. The van der Waals surface area contributed by atoms with Crippen LogP contribution in [0.3, 0.4) is 0 Å². The van der Waals surface area contributed by atoms with Gasteiger partial charge in [0, 0.05) is 30.8 Å². The van der Waals surface area contributed by atoms with Crippen LogP contribution in [0.15, 0.2) is 24.3 Å². The van der Waals surface area contributed by atoms with E-state index in [0.29, 0.717) is 25.1 Å². The van der Waals surface area contributed by atoms with E-state index in [0.717, 1.165) is 0 Å². The Morgan fingerprint density at radius 3 is 2.89 bits per heavy atom. The Bertz CT molecular complexity index is 503. The van der Waals surface area contributed by atoms with Gasteiger partial charge in [0.2, 0.25) is 0 Å². The molecule has 1 aromatic rings. The highest BCUT2D eigenvalue weighted by Crippen LogP contribution is 2.20. The van der Waals surface area contributed by atoms with Gasteiger partial charge in [0.25, 0.3) is 11.6 Å². The molecular formula is C13H16N2O4. The molecule has 1 fully saturated rings. The van der Waals surface area contributed by atoms with E-state index in [1.807, 2.05) is 6.92 Å². The number of likely N-dealkylation sites (tertiary alicyclic amines) is 1. The summed E-state index contributed by atoms with van der Waals surface area (Å²) in [4.78, 5) is 24.1. The maximum absolute atomic E-state index is 12.2. The molecule has 1 aliphatic heterocycles. The molecule has 1 amide bonds. The first-order valence-corrected chi connectivity index (χ1v) is 6.21. The van der Waals surface area contributed by atoms with Gasteiger partial charge in [-0.05, 0) is 18.4 Å².